The first-order valence-electron chi connectivity index (χ1n) is 4.79. The average molecular weight is 271 g/mol. The molecule has 0 aromatic heterocycles. The Morgan fingerprint density at radius 3 is 2.87 bits per heavy atom. The SMILES string of the molecule is Cc1ccc(Br)cc1CNC(=O)C(C)N. The van der Waals surface area contributed by atoms with Gasteiger partial charge >= 0.3 is 0 Å². The Morgan fingerprint density at radius 2 is 2.27 bits per heavy atom. The zero-order valence-electron chi connectivity index (χ0n) is 8.88. The van der Waals surface area contributed by atoms with Crippen LogP contribution in [0.2, 0.25) is 0 Å². The number of nitrogens with two attached hydrogens (primary N) is 1. The molecule has 0 aliphatic rings. The Hall–Kier alpha value is -0.870. The zero-order valence-corrected chi connectivity index (χ0v) is 10.5. The monoisotopic (exact) mass is 270 g/mol. The van der Waals surface area contributed by atoms with Crippen LogP contribution in [0.15, 0.2) is 22.7 Å². The van der Waals surface area contributed by atoms with Gasteiger partial charge in [0.05, 0.1) is 6.04 Å². The molecule has 4 heteroatoms. The van der Waals surface area contributed by atoms with Gasteiger partial charge in [0.15, 0.2) is 0 Å². The number of amides is 1. The summed E-state index contributed by atoms with van der Waals surface area (Å²) in [6.07, 6.45) is 0. The van der Waals surface area contributed by atoms with Crippen molar-refractivity contribution < 1.29 is 4.79 Å². The Bertz CT molecular complexity index is 364. The third kappa shape index (κ3) is 3.64. The molecule has 1 aromatic rings. The molecule has 1 atom stereocenters. The lowest BCUT2D eigenvalue weighted by atomic mass is 10.1. The molecule has 1 aromatic carbocycles. The van der Waals surface area contributed by atoms with Gasteiger partial charge in [-0.05, 0) is 37.1 Å². The summed E-state index contributed by atoms with van der Waals surface area (Å²) in [5.41, 5.74) is 7.70. The van der Waals surface area contributed by atoms with Crippen molar-refractivity contribution in [3.63, 3.8) is 0 Å². The third-order valence-corrected chi connectivity index (χ3v) is 2.67. The van der Waals surface area contributed by atoms with Crippen molar-refractivity contribution in [3.05, 3.63) is 33.8 Å². The fourth-order valence-corrected chi connectivity index (χ4v) is 1.58. The van der Waals surface area contributed by atoms with E-state index in [4.69, 9.17) is 5.73 Å². The van der Waals surface area contributed by atoms with E-state index in [0.717, 1.165) is 15.6 Å². The number of hydrogen-bond donors (Lipinski definition) is 2. The highest BCUT2D eigenvalue weighted by atomic mass is 79.9. The van der Waals surface area contributed by atoms with Crippen LogP contribution in [-0.2, 0) is 11.3 Å². The first kappa shape index (κ1) is 12.2. The van der Waals surface area contributed by atoms with Gasteiger partial charge in [0.2, 0.25) is 5.91 Å². The number of benzene rings is 1. The summed E-state index contributed by atoms with van der Waals surface area (Å²) < 4.78 is 1.01. The van der Waals surface area contributed by atoms with Crippen molar-refractivity contribution in [1.29, 1.82) is 0 Å². The quantitative estimate of drug-likeness (QED) is 0.879. The van der Waals surface area contributed by atoms with Crippen molar-refractivity contribution in [2.75, 3.05) is 0 Å². The molecule has 0 radical (unpaired) electrons. The lowest BCUT2D eigenvalue weighted by molar-refractivity contribution is -0.122. The second kappa shape index (κ2) is 5.28. The molecule has 0 fully saturated rings. The summed E-state index contributed by atoms with van der Waals surface area (Å²) >= 11 is 3.39. The number of carbonyl (C=O) groups excluding carboxylic acids is 1. The molecule has 82 valence electrons. The third-order valence-electron chi connectivity index (χ3n) is 2.18. The molecule has 0 spiro atoms. The molecule has 1 rings (SSSR count). The number of rotatable bonds is 3. The van der Waals surface area contributed by atoms with Crippen molar-refractivity contribution in [1.82, 2.24) is 5.32 Å². The van der Waals surface area contributed by atoms with Crippen LogP contribution < -0.4 is 11.1 Å². The molecule has 3 nitrogen and oxygen atoms in total. The van der Waals surface area contributed by atoms with Crippen LogP contribution >= 0.6 is 15.9 Å². The second-order valence-corrected chi connectivity index (χ2v) is 4.49. The average Bonchev–Trinajstić information content (AvgIpc) is 2.18. The predicted molar refractivity (Wildman–Crippen MR) is 64.4 cm³/mol. The topological polar surface area (TPSA) is 55.1 Å². The van der Waals surface area contributed by atoms with Gasteiger partial charge in [0.1, 0.15) is 0 Å². The second-order valence-electron chi connectivity index (χ2n) is 3.58. The highest BCUT2D eigenvalue weighted by molar-refractivity contribution is 9.10. The molecule has 0 saturated heterocycles. The molecule has 0 heterocycles. The molecule has 1 amide bonds. The Labute approximate surface area is 98.2 Å². The summed E-state index contributed by atoms with van der Waals surface area (Å²) in [5.74, 6) is -0.130. The maximum atomic E-state index is 11.3. The first-order valence-corrected chi connectivity index (χ1v) is 5.58. The van der Waals surface area contributed by atoms with E-state index in [2.05, 4.69) is 21.2 Å². The van der Waals surface area contributed by atoms with Crippen molar-refractivity contribution in [2.45, 2.75) is 26.4 Å². The van der Waals surface area contributed by atoms with Crippen LogP contribution in [0.5, 0.6) is 0 Å². The van der Waals surface area contributed by atoms with Gasteiger partial charge in [-0.1, -0.05) is 22.0 Å². The summed E-state index contributed by atoms with van der Waals surface area (Å²) in [6, 6.07) is 5.53. The largest absolute Gasteiger partial charge is 0.351 e. The van der Waals surface area contributed by atoms with Crippen molar-refractivity contribution >= 4 is 21.8 Å². The molecule has 0 aliphatic heterocycles. The van der Waals surface area contributed by atoms with Crippen LogP contribution in [0.25, 0.3) is 0 Å². The molecule has 15 heavy (non-hydrogen) atoms. The minimum Gasteiger partial charge on any atom is -0.351 e. The van der Waals surface area contributed by atoms with Gasteiger partial charge in [-0.3, -0.25) is 4.79 Å². The molecular formula is C11H15BrN2O. The van der Waals surface area contributed by atoms with Crippen LogP contribution in [-0.4, -0.2) is 11.9 Å². The molecular weight excluding hydrogens is 256 g/mol. The summed E-state index contributed by atoms with van der Waals surface area (Å²) in [5, 5.41) is 2.78. The predicted octanol–water partition coefficient (Wildman–Crippen LogP) is 1.72. The maximum absolute atomic E-state index is 11.3. The smallest absolute Gasteiger partial charge is 0.236 e. The number of aryl methyl sites for hydroxylation is 1. The zero-order chi connectivity index (χ0) is 11.4. The van der Waals surface area contributed by atoms with Gasteiger partial charge in [0.25, 0.3) is 0 Å². The molecule has 3 N–H and O–H groups in total. The van der Waals surface area contributed by atoms with Gasteiger partial charge in [0, 0.05) is 11.0 Å². The molecule has 1 unspecified atom stereocenters. The lowest BCUT2D eigenvalue weighted by Crippen LogP contribution is -2.37. The van der Waals surface area contributed by atoms with E-state index in [0.29, 0.717) is 6.54 Å². The highest BCUT2D eigenvalue weighted by Gasteiger charge is 2.07. The van der Waals surface area contributed by atoms with Gasteiger partial charge in [-0.15, -0.1) is 0 Å². The number of hydrogen-bond acceptors (Lipinski definition) is 2. The van der Waals surface area contributed by atoms with E-state index in [1.807, 2.05) is 25.1 Å². The summed E-state index contributed by atoms with van der Waals surface area (Å²) in [6.45, 7) is 4.20. The summed E-state index contributed by atoms with van der Waals surface area (Å²) in [4.78, 5) is 11.3. The van der Waals surface area contributed by atoms with Crippen LogP contribution in [0.4, 0.5) is 0 Å². The van der Waals surface area contributed by atoms with Gasteiger partial charge < -0.3 is 11.1 Å². The Morgan fingerprint density at radius 1 is 1.60 bits per heavy atom. The Kier molecular flexibility index (Phi) is 4.29. The number of nitrogens with one attached hydrogen (secondary N) is 1. The molecule has 0 aliphatic carbocycles. The van der Waals surface area contributed by atoms with E-state index in [9.17, 15) is 4.79 Å². The summed E-state index contributed by atoms with van der Waals surface area (Å²) in [7, 11) is 0. The van der Waals surface area contributed by atoms with E-state index in [-0.39, 0.29) is 5.91 Å². The van der Waals surface area contributed by atoms with E-state index < -0.39 is 6.04 Å². The first-order chi connectivity index (χ1) is 7.00. The van der Waals surface area contributed by atoms with Crippen molar-refractivity contribution in [3.8, 4) is 0 Å². The molecule has 0 bridgehead atoms. The molecule has 0 saturated carbocycles. The lowest BCUT2D eigenvalue weighted by Gasteiger charge is -2.10. The van der Waals surface area contributed by atoms with E-state index >= 15 is 0 Å². The highest BCUT2D eigenvalue weighted by Crippen LogP contribution is 2.15. The van der Waals surface area contributed by atoms with E-state index in [1.165, 1.54) is 0 Å². The number of carbonyl (C=O) groups is 1. The van der Waals surface area contributed by atoms with E-state index in [1.54, 1.807) is 6.92 Å². The fourth-order valence-electron chi connectivity index (χ4n) is 1.17. The van der Waals surface area contributed by atoms with Crippen LogP contribution in [0.3, 0.4) is 0 Å². The maximum Gasteiger partial charge on any atom is 0.236 e. The van der Waals surface area contributed by atoms with Gasteiger partial charge in [-0.25, -0.2) is 0 Å². The van der Waals surface area contributed by atoms with Crippen molar-refractivity contribution in [2.24, 2.45) is 5.73 Å². The fraction of sp³-hybridized carbons (Fsp3) is 0.364. The minimum absolute atomic E-state index is 0.130. The Balaban J connectivity index is 2.65. The van der Waals surface area contributed by atoms with Crippen LogP contribution in [0, 0.1) is 6.92 Å². The normalized spacial score (nSPS) is 12.3. The van der Waals surface area contributed by atoms with Gasteiger partial charge in [-0.2, -0.15) is 0 Å². The minimum atomic E-state index is -0.461. The van der Waals surface area contributed by atoms with Crippen LogP contribution in [0.1, 0.15) is 18.1 Å². The number of halogens is 1. The standard InChI is InChI=1S/C11H15BrN2O/c1-7-3-4-10(12)5-9(7)6-14-11(15)8(2)13/h3-5,8H,6,13H2,1-2H3,(H,14,15).